The fourth-order valence-corrected chi connectivity index (χ4v) is 3.42. The van der Waals surface area contributed by atoms with E-state index in [1.54, 1.807) is 30.5 Å². The van der Waals surface area contributed by atoms with Gasteiger partial charge in [-0.25, -0.2) is 9.07 Å². The summed E-state index contributed by atoms with van der Waals surface area (Å²) in [4.78, 5) is 16.9. The van der Waals surface area contributed by atoms with E-state index in [1.807, 2.05) is 0 Å². The molecule has 0 aliphatic carbocycles. The first-order valence-electron chi connectivity index (χ1n) is 10.6. The Morgan fingerprint density at radius 2 is 1.86 bits per heavy atom. The molecule has 10 heteroatoms. The standard InChI is InChI=1S/C26H19F4N5O/c1-16(31)13-22(33-19-6-4-5-18(15-19)26(28,29)30)25-24(36)10-12-35(34-25)23-9-8-17(14-20(23)27)21-7-2-3-11-32-21/h2-15,31,33H,1H3/b22-13-,31-16?. The van der Waals surface area contributed by atoms with E-state index in [0.29, 0.717) is 11.3 Å². The van der Waals surface area contributed by atoms with Gasteiger partial charge in [0.05, 0.1) is 17.0 Å². The molecule has 2 aromatic heterocycles. The van der Waals surface area contributed by atoms with Crippen molar-refractivity contribution >= 4 is 17.1 Å². The Labute approximate surface area is 203 Å². The van der Waals surface area contributed by atoms with Gasteiger partial charge in [0.1, 0.15) is 11.5 Å². The molecule has 0 aliphatic rings. The van der Waals surface area contributed by atoms with Crippen LogP contribution in [0.3, 0.4) is 0 Å². The minimum atomic E-state index is -4.56. The molecule has 2 aromatic carbocycles. The van der Waals surface area contributed by atoms with E-state index in [-0.39, 0.29) is 28.5 Å². The molecule has 36 heavy (non-hydrogen) atoms. The normalized spacial score (nSPS) is 11.9. The first kappa shape index (κ1) is 24.5. The Hall–Kier alpha value is -4.60. The van der Waals surface area contributed by atoms with Gasteiger partial charge in [-0.3, -0.25) is 9.78 Å². The molecule has 0 spiro atoms. The Morgan fingerprint density at radius 3 is 2.53 bits per heavy atom. The van der Waals surface area contributed by atoms with Gasteiger partial charge in [0.15, 0.2) is 5.69 Å². The molecule has 6 nitrogen and oxygen atoms in total. The molecule has 0 fully saturated rings. The molecule has 182 valence electrons. The number of anilines is 1. The maximum atomic E-state index is 15.0. The highest BCUT2D eigenvalue weighted by Crippen LogP contribution is 2.31. The van der Waals surface area contributed by atoms with Crippen molar-refractivity contribution in [2.24, 2.45) is 0 Å². The van der Waals surface area contributed by atoms with Gasteiger partial charge in [-0.2, -0.15) is 18.3 Å². The van der Waals surface area contributed by atoms with Crippen molar-refractivity contribution in [1.82, 2.24) is 14.8 Å². The van der Waals surface area contributed by atoms with Crippen molar-refractivity contribution in [3.63, 3.8) is 0 Å². The van der Waals surface area contributed by atoms with Gasteiger partial charge in [0.25, 0.3) is 0 Å². The summed E-state index contributed by atoms with van der Waals surface area (Å²) in [5.41, 5.74) is -0.428. The summed E-state index contributed by atoms with van der Waals surface area (Å²) >= 11 is 0. The second-order valence-electron chi connectivity index (χ2n) is 7.80. The van der Waals surface area contributed by atoms with E-state index in [2.05, 4.69) is 15.4 Å². The molecule has 0 atom stereocenters. The number of pyridine rings is 1. The topological polar surface area (TPSA) is 83.7 Å². The Morgan fingerprint density at radius 1 is 1.06 bits per heavy atom. The third kappa shape index (κ3) is 5.54. The average molecular weight is 493 g/mol. The number of halogens is 4. The third-order valence-corrected chi connectivity index (χ3v) is 5.05. The van der Waals surface area contributed by atoms with Gasteiger partial charge < -0.3 is 10.7 Å². The van der Waals surface area contributed by atoms with Gasteiger partial charge in [0.2, 0.25) is 5.43 Å². The molecule has 0 amide bonds. The summed E-state index contributed by atoms with van der Waals surface area (Å²) in [5, 5.41) is 14.8. The van der Waals surface area contributed by atoms with E-state index >= 15 is 4.39 Å². The summed E-state index contributed by atoms with van der Waals surface area (Å²) in [6.07, 6.45) is -0.429. The van der Waals surface area contributed by atoms with Crippen LogP contribution in [0.4, 0.5) is 23.2 Å². The maximum Gasteiger partial charge on any atom is 0.416 e. The quantitative estimate of drug-likeness (QED) is 0.257. The second kappa shape index (κ2) is 9.95. The second-order valence-corrected chi connectivity index (χ2v) is 7.80. The van der Waals surface area contributed by atoms with E-state index in [4.69, 9.17) is 5.41 Å². The van der Waals surface area contributed by atoms with Crippen molar-refractivity contribution in [2.75, 3.05) is 5.32 Å². The molecular weight excluding hydrogens is 474 g/mol. The molecule has 4 aromatic rings. The molecule has 2 heterocycles. The van der Waals surface area contributed by atoms with Crippen LogP contribution in [0.15, 0.2) is 90.0 Å². The third-order valence-electron chi connectivity index (χ3n) is 5.05. The summed E-state index contributed by atoms with van der Waals surface area (Å²) in [6.45, 7) is 1.44. The van der Waals surface area contributed by atoms with Crippen molar-refractivity contribution in [3.8, 4) is 16.9 Å². The van der Waals surface area contributed by atoms with E-state index in [9.17, 15) is 18.0 Å². The fraction of sp³-hybridized carbons (Fsp3) is 0.0769. The van der Waals surface area contributed by atoms with E-state index in [0.717, 1.165) is 22.9 Å². The van der Waals surface area contributed by atoms with Crippen LogP contribution in [-0.4, -0.2) is 20.5 Å². The summed E-state index contributed by atoms with van der Waals surface area (Å²) in [6, 6.07) is 15.2. The summed E-state index contributed by atoms with van der Waals surface area (Å²) in [5.74, 6) is -0.625. The lowest BCUT2D eigenvalue weighted by Crippen LogP contribution is -2.19. The Bertz CT molecular complexity index is 1510. The van der Waals surface area contributed by atoms with Crippen molar-refractivity contribution in [3.05, 3.63) is 112 Å². The smallest absolute Gasteiger partial charge is 0.354 e. The number of nitrogens with zero attached hydrogens (tertiary/aromatic N) is 3. The van der Waals surface area contributed by atoms with Gasteiger partial charge in [-0.1, -0.05) is 18.2 Å². The monoisotopic (exact) mass is 493 g/mol. The summed E-state index contributed by atoms with van der Waals surface area (Å²) in [7, 11) is 0. The Kier molecular flexibility index (Phi) is 6.77. The SMILES string of the molecule is CC(=N)/C=C(\Nc1cccc(C(F)(F)F)c1)c1nn(-c2ccc(-c3ccccn3)cc2F)ccc1=O. The molecule has 0 unspecified atom stereocenters. The lowest BCUT2D eigenvalue weighted by Gasteiger charge is -2.14. The number of alkyl halides is 3. The van der Waals surface area contributed by atoms with Gasteiger partial charge in [-0.05, 0) is 55.5 Å². The number of allylic oxidation sites excluding steroid dienone is 1. The van der Waals surface area contributed by atoms with Crippen LogP contribution in [0.2, 0.25) is 0 Å². The lowest BCUT2D eigenvalue weighted by molar-refractivity contribution is -0.137. The predicted octanol–water partition coefficient (Wildman–Crippen LogP) is 5.95. The number of hydrogen-bond donors (Lipinski definition) is 2. The lowest BCUT2D eigenvalue weighted by atomic mass is 10.1. The maximum absolute atomic E-state index is 15.0. The van der Waals surface area contributed by atoms with Crippen LogP contribution in [0.25, 0.3) is 22.6 Å². The number of aromatic nitrogens is 3. The molecule has 0 saturated carbocycles. The molecule has 2 N–H and O–H groups in total. The van der Waals surface area contributed by atoms with Crippen LogP contribution in [0.5, 0.6) is 0 Å². The first-order chi connectivity index (χ1) is 17.1. The van der Waals surface area contributed by atoms with Gasteiger partial charge >= 0.3 is 6.18 Å². The highest BCUT2D eigenvalue weighted by Gasteiger charge is 2.30. The van der Waals surface area contributed by atoms with Crippen molar-refractivity contribution < 1.29 is 17.6 Å². The molecular formula is C26H19F4N5O. The van der Waals surface area contributed by atoms with Crippen LogP contribution in [-0.2, 0) is 6.18 Å². The molecule has 0 saturated heterocycles. The van der Waals surface area contributed by atoms with Crippen LogP contribution in [0, 0.1) is 11.2 Å². The number of nitrogens with one attached hydrogen (secondary N) is 2. The molecule has 4 rings (SSSR count). The average Bonchev–Trinajstić information content (AvgIpc) is 2.84. The van der Waals surface area contributed by atoms with Crippen molar-refractivity contribution in [1.29, 1.82) is 5.41 Å². The van der Waals surface area contributed by atoms with Gasteiger partial charge in [0, 0.05) is 35.4 Å². The molecule has 0 aliphatic heterocycles. The minimum Gasteiger partial charge on any atom is -0.354 e. The highest BCUT2D eigenvalue weighted by molar-refractivity contribution is 5.98. The van der Waals surface area contributed by atoms with E-state index < -0.39 is 23.0 Å². The zero-order valence-corrected chi connectivity index (χ0v) is 18.8. The highest BCUT2D eigenvalue weighted by atomic mass is 19.4. The number of rotatable bonds is 6. The first-order valence-corrected chi connectivity index (χ1v) is 10.6. The fourth-order valence-electron chi connectivity index (χ4n) is 3.42. The zero-order valence-electron chi connectivity index (χ0n) is 18.8. The Balaban J connectivity index is 1.74. The summed E-state index contributed by atoms with van der Waals surface area (Å²) < 4.78 is 55.6. The molecule has 0 radical (unpaired) electrons. The number of hydrogen-bond acceptors (Lipinski definition) is 5. The molecule has 0 bridgehead atoms. The largest absolute Gasteiger partial charge is 0.416 e. The minimum absolute atomic E-state index is 0.00770. The number of benzene rings is 2. The predicted molar refractivity (Wildman–Crippen MR) is 129 cm³/mol. The zero-order chi connectivity index (χ0) is 25.9. The van der Waals surface area contributed by atoms with Crippen LogP contribution < -0.4 is 10.7 Å². The van der Waals surface area contributed by atoms with Crippen LogP contribution >= 0.6 is 0 Å². The van der Waals surface area contributed by atoms with E-state index in [1.165, 1.54) is 43.5 Å². The van der Waals surface area contributed by atoms with Crippen molar-refractivity contribution in [2.45, 2.75) is 13.1 Å². The van der Waals surface area contributed by atoms with Gasteiger partial charge in [-0.15, -0.1) is 0 Å². The van der Waals surface area contributed by atoms with Crippen LogP contribution in [0.1, 0.15) is 18.2 Å².